The van der Waals surface area contributed by atoms with Crippen molar-refractivity contribution in [1.82, 2.24) is 10.2 Å². The molecule has 1 aromatic carbocycles. The van der Waals surface area contributed by atoms with Crippen LogP contribution < -0.4 is 14.8 Å². The van der Waals surface area contributed by atoms with Crippen LogP contribution >= 0.6 is 0 Å². The monoisotopic (exact) mass is 252 g/mol. The van der Waals surface area contributed by atoms with Crippen LogP contribution in [0.3, 0.4) is 0 Å². The van der Waals surface area contributed by atoms with Gasteiger partial charge in [0.05, 0.1) is 20.3 Å². The molecule has 4 heteroatoms. The zero-order valence-corrected chi connectivity index (χ0v) is 12.2. The standard InChI is InChI=1S/C14H24N2O2/c1-10-13(17-5)8-7-11(14(10)18-6)12(9-15-2)16(3)4/h7-8,12,15H,9H2,1-6H3. The highest BCUT2D eigenvalue weighted by atomic mass is 16.5. The predicted molar refractivity (Wildman–Crippen MR) is 74.6 cm³/mol. The molecule has 18 heavy (non-hydrogen) atoms. The summed E-state index contributed by atoms with van der Waals surface area (Å²) < 4.78 is 10.9. The Bertz CT molecular complexity index is 392. The molecule has 0 fully saturated rings. The van der Waals surface area contributed by atoms with Gasteiger partial charge in [-0.25, -0.2) is 0 Å². The van der Waals surface area contributed by atoms with Crippen LogP contribution in [-0.2, 0) is 0 Å². The maximum Gasteiger partial charge on any atom is 0.130 e. The van der Waals surface area contributed by atoms with E-state index in [2.05, 4.69) is 30.4 Å². The molecule has 0 radical (unpaired) electrons. The fourth-order valence-corrected chi connectivity index (χ4v) is 2.21. The first kappa shape index (κ1) is 14.8. The van der Waals surface area contributed by atoms with E-state index in [4.69, 9.17) is 9.47 Å². The first-order valence-electron chi connectivity index (χ1n) is 6.09. The van der Waals surface area contributed by atoms with Gasteiger partial charge >= 0.3 is 0 Å². The maximum atomic E-state index is 5.56. The van der Waals surface area contributed by atoms with Crippen molar-refractivity contribution in [2.45, 2.75) is 13.0 Å². The fraction of sp³-hybridized carbons (Fsp3) is 0.571. The van der Waals surface area contributed by atoms with Gasteiger partial charge in [0.25, 0.3) is 0 Å². The summed E-state index contributed by atoms with van der Waals surface area (Å²) in [7, 11) is 9.48. The number of hydrogen-bond acceptors (Lipinski definition) is 4. The van der Waals surface area contributed by atoms with E-state index in [-0.39, 0.29) is 6.04 Å². The van der Waals surface area contributed by atoms with Gasteiger partial charge in [0.1, 0.15) is 11.5 Å². The summed E-state index contributed by atoms with van der Waals surface area (Å²) >= 11 is 0. The van der Waals surface area contributed by atoms with Crippen LogP contribution in [0.4, 0.5) is 0 Å². The molecule has 0 aliphatic carbocycles. The molecule has 1 N–H and O–H groups in total. The maximum absolute atomic E-state index is 5.56. The Morgan fingerprint density at radius 2 is 1.89 bits per heavy atom. The summed E-state index contributed by atoms with van der Waals surface area (Å²) in [5.74, 6) is 1.76. The number of nitrogens with zero attached hydrogens (tertiary/aromatic N) is 1. The number of benzene rings is 1. The summed E-state index contributed by atoms with van der Waals surface area (Å²) in [6, 6.07) is 4.35. The van der Waals surface area contributed by atoms with E-state index in [1.807, 2.05) is 20.0 Å². The van der Waals surface area contributed by atoms with Crippen LogP contribution in [0.1, 0.15) is 17.2 Å². The second kappa shape index (κ2) is 6.61. The smallest absolute Gasteiger partial charge is 0.130 e. The number of ether oxygens (including phenoxy) is 2. The van der Waals surface area contributed by atoms with E-state index in [0.717, 1.165) is 23.6 Å². The first-order valence-corrected chi connectivity index (χ1v) is 6.09. The third-order valence-corrected chi connectivity index (χ3v) is 3.19. The summed E-state index contributed by atoms with van der Waals surface area (Å²) in [6.07, 6.45) is 0. The third kappa shape index (κ3) is 2.94. The van der Waals surface area contributed by atoms with Crippen LogP contribution in [0.15, 0.2) is 12.1 Å². The molecule has 102 valence electrons. The average molecular weight is 252 g/mol. The summed E-state index contributed by atoms with van der Waals surface area (Å²) in [6.45, 7) is 2.89. The molecule has 0 saturated heterocycles. The summed E-state index contributed by atoms with van der Waals surface area (Å²) in [4.78, 5) is 2.18. The van der Waals surface area contributed by atoms with Gasteiger partial charge < -0.3 is 19.7 Å². The van der Waals surface area contributed by atoms with E-state index in [1.54, 1.807) is 14.2 Å². The Kier molecular flexibility index (Phi) is 5.44. The van der Waals surface area contributed by atoms with Gasteiger partial charge in [0, 0.05) is 17.7 Å². The Balaban J connectivity index is 3.25. The second-order valence-electron chi connectivity index (χ2n) is 4.55. The Labute approximate surface area is 110 Å². The van der Waals surface area contributed by atoms with Gasteiger partial charge in [-0.15, -0.1) is 0 Å². The van der Waals surface area contributed by atoms with E-state index in [1.165, 1.54) is 5.56 Å². The zero-order chi connectivity index (χ0) is 13.7. The van der Waals surface area contributed by atoms with E-state index in [9.17, 15) is 0 Å². The van der Waals surface area contributed by atoms with Crippen molar-refractivity contribution in [3.8, 4) is 11.5 Å². The number of hydrogen-bond donors (Lipinski definition) is 1. The van der Waals surface area contributed by atoms with Gasteiger partial charge in [0.2, 0.25) is 0 Å². The number of methoxy groups -OCH3 is 2. The normalized spacial score (nSPS) is 12.6. The van der Waals surface area contributed by atoms with Gasteiger partial charge in [-0.2, -0.15) is 0 Å². The number of nitrogens with one attached hydrogen (secondary N) is 1. The minimum atomic E-state index is 0.273. The van der Waals surface area contributed by atoms with E-state index in [0.29, 0.717) is 0 Å². The zero-order valence-electron chi connectivity index (χ0n) is 12.2. The molecular formula is C14H24N2O2. The van der Waals surface area contributed by atoms with Crippen molar-refractivity contribution < 1.29 is 9.47 Å². The molecule has 1 rings (SSSR count). The molecule has 0 aromatic heterocycles. The summed E-state index contributed by atoms with van der Waals surface area (Å²) in [5, 5.41) is 3.22. The van der Waals surface area contributed by atoms with Crippen molar-refractivity contribution in [3.63, 3.8) is 0 Å². The van der Waals surface area contributed by atoms with Gasteiger partial charge in [-0.3, -0.25) is 0 Å². The first-order chi connectivity index (χ1) is 8.56. The molecule has 0 amide bonds. The van der Waals surface area contributed by atoms with Crippen molar-refractivity contribution in [3.05, 3.63) is 23.3 Å². The van der Waals surface area contributed by atoms with Gasteiger partial charge in [0.15, 0.2) is 0 Å². The predicted octanol–water partition coefficient (Wildman–Crippen LogP) is 1.83. The molecule has 0 heterocycles. The van der Waals surface area contributed by atoms with Crippen molar-refractivity contribution in [2.24, 2.45) is 0 Å². The minimum Gasteiger partial charge on any atom is -0.496 e. The SMILES string of the molecule is CNCC(c1ccc(OC)c(C)c1OC)N(C)C. The lowest BCUT2D eigenvalue weighted by atomic mass is 10.0. The Morgan fingerprint density at radius 1 is 1.22 bits per heavy atom. The Morgan fingerprint density at radius 3 is 2.33 bits per heavy atom. The highest BCUT2D eigenvalue weighted by molar-refractivity contribution is 5.50. The van der Waals surface area contributed by atoms with E-state index >= 15 is 0 Å². The van der Waals surface area contributed by atoms with Crippen LogP contribution in [0.2, 0.25) is 0 Å². The lowest BCUT2D eigenvalue weighted by Gasteiger charge is -2.27. The number of likely N-dealkylation sites (N-methyl/N-ethyl adjacent to an activating group) is 2. The van der Waals surface area contributed by atoms with Crippen LogP contribution in [0, 0.1) is 6.92 Å². The molecule has 0 aliphatic rings. The molecule has 4 nitrogen and oxygen atoms in total. The topological polar surface area (TPSA) is 33.7 Å². The van der Waals surface area contributed by atoms with E-state index < -0.39 is 0 Å². The lowest BCUT2D eigenvalue weighted by molar-refractivity contribution is 0.282. The van der Waals surface area contributed by atoms with Crippen LogP contribution in [0.25, 0.3) is 0 Å². The molecule has 0 bridgehead atoms. The quantitative estimate of drug-likeness (QED) is 0.837. The summed E-state index contributed by atoms with van der Waals surface area (Å²) in [5.41, 5.74) is 2.22. The lowest BCUT2D eigenvalue weighted by Crippen LogP contribution is -2.29. The molecule has 0 spiro atoms. The van der Waals surface area contributed by atoms with Crippen LogP contribution in [0.5, 0.6) is 11.5 Å². The number of rotatable bonds is 6. The molecule has 0 saturated carbocycles. The third-order valence-electron chi connectivity index (χ3n) is 3.19. The van der Waals surface area contributed by atoms with Crippen molar-refractivity contribution in [2.75, 3.05) is 41.9 Å². The minimum absolute atomic E-state index is 0.273. The molecule has 1 unspecified atom stereocenters. The van der Waals surface area contributed by atoms with Crippen molar-refractivity contribution >= 4 is 0 Å². The molecule has 1 atom stereocenters. The largest absolute Gasteiger partial charge is 0.496 e. The molecule has 1 aromatic rings. The fourth-order valence-electron chi connectivity index (χ4n) is 2.21. The van der Waals surface area contributed by atoms with Gasteiger partial charge in [-0.1, -0.05) is 0 Å². The second-order valence-corrected chi connectivity index (χ2v) is 4.55. The molecular weight excluding hydrogens is 228 g/mol. The average Bonchev–Trinajstić information content (AvgIpc) is 2.35. The van der Waals surface area contributed by atoms with Crippen LogP contribution in [-0.4, -0.2) is 46.8 Å². The van der Waals surface area contributed by atoms with Crippen molar-refractivity contribution in [1.29, 1.82) is 0 Å². The van der Waals surface area contributed by atoms with Gasteiger partial charge in [-0.05, 0) is 40.2 Å². The Hall–Kier alpha value is -1.26. The highest BCUT2D eigenvalue weighted by Gasteiger charge is 2.20. The highest BCUT2D eigenvalue weighted by Crippen LogP contribution is 2.35. The molecule has 0 aliphatic heterocycles.